The Morgan fingerprint density at radius 2 is 1.88 bits per heavy atom. The highest BCUT2D eigenvalue weighted by Gasteiger charge is 2.19. The van der Waals surface area contributed by atoms with Gasteiger partial charge in [0, 0.05) is 6.54 Å². The molecule has 2 aromatic carbocycles. The van der Waals surface area contributed by atoms with Gasteiger partial charge in [0.2, 0.25) is 0 Å². The zero-order chi connectivity index (χ0) is 17.8. The number of amides is 1. The lowest BCUT2D eigenvalue weighted by molar-refractivity contribution is -0.120. The van der Waals surface area contributed by atoms with Crippen molar-refractivity contribution in [3.05, 3.63) is 54.1 Å². The van der Waals surface area contributed by atoms with E-state index >= 15 is 0 Å². The minimum absolute atomic E-state index is 0.00744. The Bertz CT molecular complexity index is 840. The van der Waals surface area contributed by atoms with Crippen LogP contribution in [0.15, 0.2) is 48.5 Å². The van der Waals surface area contributed by atoms with Gasteiger partial charge in [-0.1, -0.05) is 55.5 Å². The molecule has 0 fully saturated rings. The monoisotopic (exact) mass is 354 g/mol. The first kappa shape index (κ1) is 17.4. The number of ether oxygens (including phenoxy) is 1. The lowest BCUT2D eigenvalue weighted by Gasteiger charge is -2.19. The molecule has 0 aliphatic carbocycles. The van der Waals surface area contributed by atoms with Crippen LogP contribution >= 0.6 is 11.3 Å². The molecule has 1 heterocycles. The zero-order valence-electron chi connectivity index (χ0n) is 14.7. The van der Waals surface area contributed by atoms with Crippen molar-refractivity contribution in [3.63, 3.8) is 0 Å². The van der Waals surface area contributed by atoms with E-state index in [9.17, 15) is 4.79 Å². The van der Waals surface area contributed by atoms with Crippen molar-refractivity contribution in [3.8, 4) is 5.75 Å². The van der Waals surface area contributed by atoms with Gasteiger partial charge in [0.25, 0.3) is 5.91 Å². The van der Waals surface area contributed by atoms with Gasteiger partial charge in [0.15, 0.2) is 11.7 Å². The molecule has 0 unspecified atom stereocenters. The Labute approximate surface area is 152 Å². The quantitative estimate of drug-likeness (QED) is 0.635. The summed E-state index contributed by atoms with van der Waals surface area (Å²) in [6.45, 7) is 6.75. The number of nitrogens with zero attached hydrogens (tertiary/aromatic N) is 2. The molecule has 1 aromatic heterocycles. The summed E-state index contributed by atoms with van der Waals surface area (Å²) in [7, 11) is 0. The maximum absolute atomic E-state index is 12.7. The first-order valence-electron chi connectivity index (χ1n) is 8.47. The van der Waals surface area contributed by atoms with E-state index in [1.165, 1.54) is 11.3 Å². The van der Waals surface area contributed by atoms with Gasteiger partial charge in [-0.25, -0.2) is 4.98 Å². The molecule has 3 rings (SSSR count). The summed E-state index contributed by atoms with van der Waals surface area (Å²) in [4.78, 5) is 18.9. The molecule has 1 amide bonds. The number of carbonyl (C=O) groups excluding carboxylic acids is 1. The molecular formula is C20H22N2O2S. The Balaban J connectivity index is 1.75. The van der Waals surface area contributed by atoms with Crippen molar-refractivity contribution in [2.45, 2.75) is 26.7 Å². The van der Waals surface area contributed by atoms with E-state index in [-0.39, 0.29) is 12.5 Å². The van der Waals surface area contributed by atoms with Gasteiger partial charge in [-0.15, -0.1) is 0 Å². The third-order valence-corrected chi connectivity index (χ3v) is 5.08. The van der Waals surface area contributed by atoms with Gasteiger partial charge in [-0.05, 0) is 36.6 Å². The SMILES string of the molecule is CCN(C(=O)COc1ccccc1C(C)C)c1nc2ccccc2s1. The maximum atomic E-state index is 12.7. The average molecular weight is 354 g/mol. The number of thiazole rings is 1. The fourth-order valence-electron chi connectivity index (χ4n) is 2.70. The first-order chi connectivity index (χ1) is 12.1. The fourth-order valence-corrected chi connectivity index (χ4v) is 3.75. The molecule has 0 N–H and O–H groups in total. The van der Waals surface area contributed by atoms with Crippen LogP contribution in [0, 0.1) is 0 Å². The number of para-hydroxylation sites is 2. The third-order valence-electron chi connectivity index (χ3n) is 4.02. The van der Waals surface area contributed by atoms with Crippen LogP contribution in [0.1, 0.15) is 32.3 Å². The van der Waals surface area contributed by atoms with Crippen LogP contribution in [0.25, 0.3) is 10.2 Å². The topological polar surface area (TPSA) is 42.4 Å². The lowest BCUT2D eigenvalue weighted by Crippen LogP contribution is -2.34. The minimum Gasteiger partial charge on any atom is -0.483 e. The highest BCUT2D eigenvalue weighted by atomic mass is 32.1. The van der Waals surface area contributed by atoms with Crippen LogP contribution in [-0.2, 0) is 4.79 Å². The number of rotatable bonds is 6. The van der Waals surface area contributed by atoms with Crippen molar-refractivity contribution < 1.29 is 9.53 Å². The second-order valence-electron chi connectivity index (χ2n) is 6.08. The van der Waals surface area contributed by atoms with Crippen LogP contribution < -0.4 is 9.64 Å². The Kier molecular flexibility index (Phi) is 5.34. The van der Waals surface area contributed by atoms with Gasteiger partial charge in [-0.3, -0.25) is 9.69 Å². The Morgan fingerprint density at radius 3 is 2.60 bits per heavy atom. The number of benzene rings is 2. The molecule has 0 atom stereocenters. The van der Waals surface area contributed by atoms with Gasteiger partial charge in [0.05, 0.1) is 10.2 Å². The molecule has 5 heteroatoms. The van der Waals surface area contributed by atoms with Crippen molar-refractivity contribution >= 4 is 32.6 Å². The number of hydrogen-bond acceptors (Lipinski definition) is 4. The second kappa shape index (κ2) is 7.66. The molecule has 4 nitrogen and oxygen atoms in total. The van der Waals surface area contributed by atoms with E-state index in [0.717, 1.165) is 26.7 Å². The molecule has 0 bridgehead atoms. The summed E-state index contributed by atoms with van der Waals surface area (Å²) < 4.78 is 6.90. The van der Waals surface area contributed by atoms with Crippen LogP contribution in [0.3, 0.4) is 0 Å². The van der Waals surface area contributed by atoms with E-state index in [1.54, 1.807) is 4.90 Å². The third kappa shape index (κ3) is 3.82. The standard InChI is InChI=1S/C20H22N2O2S/c1-4-22(20-21-16-10-6-8-12-18(16)25-20)19(23)13-24-17-11-7-5-9-15(17)14(2)3/h5-12,14H,4,13H2,1-3H3. The highest BCUT2D eigenvalue weighted by Crippen LogP contribution is 2.29. The van der Waals surface area contributed by atoms with Crippen LogP contribution in [0.5, 0.6) is 5.75 Å². The molecule has 3 aromatic rings. The molecule has 0 aliphatic rings. The van der Waals surface area contributed by atoms with Crippen LogP contribution in [0.4, 0.5) is 5.13 Å². The van der Waals surface area contributed by atoms with Crippen molar-refractivity contribution in [1.82, 2.24) is 4.98 Å². The van der Waals surface area contributed by atoms with E-state index in [1.807, 2.05) is 55.5 Å². The molecular weight excluding hydrogens is 332 g/mol. The molecule has 0 saturated heterocycles. The predicted octanol–water partition coefficient (Wildman–Crippen LogP) is 4.85. The number of carbonyl (C=O) groups is 1. The molecule has 0 spiro atoms. The molecule has 0 aliphatic heterocycles. The summed E-state index contributed by atoms with van der Waals surface area (Å²) in [6, 6.07) is 15.8. The summed E-state index contributed by atoms with van der Waals surface area (Å²) in [5.74, 6) is 1.03. The van der Waals surface area contributed by atoms with E-state index in [4.69, 9.17) is 4.74 Å². The molecule has 130 valence electrons. The van der Waals surface area contributed by atoms with Gasteiger partial charge in [0.1, 0.15) is 5.75 Å². The summed E-state index contributed by atoms with van der Waals surface area (Å²) in [5.41, 5.74) is 2.03. The highest BCUT2D eigenvalue weighted by molar-refractivity contribution is 7.22. The lowest BCUT2D eigenvalue weighted by atomic mass is 10.0. The van der Waals surface area contributed by atoms with E-state index in [0.29, 0.717) is 12.5 Å². The smallest absolute Gasteiger partial charge is 0.266 e. The molecule has 0 saturated carbocycles. The van der Waals surface area contributed by atoms with Gasteiger partial charge >= 0.3 is 0 Å². The largest absolute Gasteiger partial charge is 0.483 e. The summed E-state index contributed by atoms with van der Waals surface area (Å²) in [6.07, 6.45) is 0. The number of likely N-dealkylation sites (N-methyl/N-ethyl adjacent to an activating group) is 1. The second-order valence-corrected chi connectivity index (χ2v) is 7.09. The number of hydrogen-bond donors (Lipinski definition) is 0. The van der Waals surface area contributed by atoms with Crippen molar-refractivity contribution in [1.29, 1.82) is 0 Å². The molecule has 0 radical (unpaired) electrons. The van der Waals surface area contributed by atoms with Crippen LogP contribution in [-0.4, -0.2) is 24.0 Å². The first-order valence-corrected chi connectivity index (χ1v) is 9.29. The zero-order valence-corrected chi connectivity index (χ0v) is 15.5. The van der Waals surface area contributed by atoms with E-state index in [2.05, 4.69) is 18.8 Å². The van der Waals surface area contributed by atoms with Crippen molar-refractivity contribution in [2.24, 2.45) is 0 Å². The van der Waals surface area contributed by atoms with Gasteiger partial charge < -0.3 is 4.74 Å². The number of anilines is 1. The van der Waals surface area contributed by atoms with Crippen LogP contribution in [0.2, 0.25) is 0 Å². The molecule has 25 heavy (non-hydrogen) atoms. The fraction of sp³-hybridized carbons (Fsp3) is 0.300. The van der Waals surface area contributed by atoms with E-state index < -0.39 is 0 Å². The normalized spacial score (nSPS) is 11.0. The number of aromatic nitrogens is 1. The van der Waals surface area contributed by atoms with Crippen molar-refractivity contribution in [2.75, 3.05) is 18.1 Å². The minimum atomic E-state index is -0.0832. The summed E-state index contributed by atoms with van der Waals surface area (Å²) >= 11 is 1.53. The predicted molar refractivity (Wildman–Crippen MR) is 104 cm³/mol. The Hall–Kier alpha value is -2.40. The average Bonchev–Trinajstić information content (AvgIpc) is 3.04. The van der Waals surface area contributed by atoms with Gasteiger partial charge in [-0.2, -0.15) is 0 Å². The number of fused-ring (bicyclic) bond motifs is 1. The Morgan fingerprint density at radius 1 is 1.16 bits per heavy atom. The summed E-state index contributed by atoms with van der Waals surface area (Å²) in [5, 5.41) is 0.717. The maximum Gasteiger partial charge on any atom is 0.266 e.